The molecule has 5 heteroatoms. The second-order valence-corrected chi connectivity index (χ2v) is 3.87. The zero-order valence-corrected chi connectivity index (χ0v) is 9.43. The molecule has 0 unspecified atom stereocenters. The van der Waals surface area contributed by atoms with Crippen LogP contribution in [0.25, 0.3) is 0 Å². The van der Waals surface area contributed by atoms with E-state index in [4.69, 9.17) is 17.3 Å². The van der Waals surface area contributed by atoms with Gasteiger partial charge in [0.15, 0.2) is 11.6 Å². The second-order valence-electron chi connectivity index (χ2n) is 3.46. The van der Waals surface area contributed by atoms with Gasteiger partial charge in [0.25, 0.3) is 0 Å². The van der Waals surface area contributed by atoms with Gasteiger partial charge in [-0.05, 0) is 24.3 Å². The van der Waals surface area contributed by atoms with Crippen LogP contribution in [0.3, 0.4) is 0 Å². The molecule has 0 saturated heterocycles. The summed E-state index contributed by atoms with van der Waals surface area (Å²) in [5.41, 5.74) is 7.01. The molecule has 0 aliphatic heterocycles. The van der Waals surface area contributed by atoms with Crippen molar-refractivity contribution in [3.8, 4) is 0 Å². The van der Waals surface area contributed by atoms with Crippen molar-refractivity contribution < 1.29 is 8.78 Å². The number of rotatable bonds is 2. The summed E-state index contributed by atoms with van der Waals surface area (Å²) in [7, 11) is 0. The highest BCUT2D eigenvalue weighted by molar-refractivity contribution is 6.34. The van der Waals surface area contributed by atoms with Crippen molar-refractivity contribution in [1.82, 2.24) is 0 Å². The van der Waals surface area contributed by atoms with E-state index in [1.165, 1.54) is 6.07 Å². The fourth-order valence-corrected chi connectivity index (χ4v) is 1.62. The van der Waals surface area contributed by atoms with Crippen molar-refractivity contribution in [2.75, 3.05) is 11.1 Å². The molecule has 2 rings (SSSR count). The van der Waals surface area contributed by atoms with Gasteiger partial charge in [-0.3, -0.25) is 0 Å². The minimum atomic E-state index is -0.930. The largest absolute Gasteiger partial charge is 0.397 e. The van der Waals surface area contributed by atoms with Gasteiger partial charge in [0.05, 0.1) is 16.4 Å². The van der Waals surface area contributed by atoms with Crippen LogP contribution in [-0.4, -0.2) is 0 Å². The summed E-state index contributed by atoms with van der Waals surface area (Å²) in [5, 5.41) is 3.26. The summed E-state index contributed by atoms with van der Waals surface area (Å²) < 4.78 is 25.7. The first-order valence-corrected chi connectivity index (χ1v) is 5.22. The molecule has 0 atom stereocenters. The Labute approximate surface area is 102 Å². The van der Waals surface area contributed by atoms with Crippen LogP contribution < -0.4 is 11.1 Å². The zero-order chi connectivity index (χ0) is 12.4. The Morgan fingerprint density at radius 2 is 1.82 bits per heavy atom. The van der Waals surface area contributed by atoms with Crippen molar-refractivity contribution in [2.45, 2.75) is 0 Å². The number of hydrogen-bond donors (Lipinski definition) is 2. The van der Waals surface area contributed by atoms with Crippen LogP contribution in [-0.2, 0) is 0 Å². The average Bonchev–Trinajstić information content (AvgIpc) is 2.28. The maximum atomic E-state index is 13.0. The minimum Gasteiger partial charge on any atom is -0.397 e. The number of nitrogens with two attached hydrogens (primary N) is 1. The molecule has 0 saturated carbocycles. The monoisotopic (exact) mass is 254 g/mol. The number of anilines is 3. The summed E-state index contributed by atoms with van der Waals surface area (Å²) in [6, 6.07) is 8.49. The normalized spacial score (nSPS) is 10.3. The van der Waals surface area contributed by atoms with E-state index in [1.807, 2.05) is 0 Å². The predicted molar refractivity (Wildman–Crippen MR) is 65.5 cm³/mol. The van der Waals surface area contributed by atoms with Crippen LogP contribution in [0.1, 0.15) is 0 Å². The third kappa shape index (κ3) is 2.47. The van der Waals surface area contributed by atoms with E-state index in [0.717, 1.165) is 12.1 Å². The van der Waals surface area contributed by atoms with Crippen molar-refractivity contribution >= 4 is 28.7 Å². The molecule has 0 bridgehead atoms. The molecule has 0 amide bonds. The molecule has 0 spiro atoms. The molecule has 0 aromatic heterocycles. The standard InChI is InChI=1S/C12H9ClF2N2/c13-8-2-1-3-11(16)12(8)17-7-4-5-9(14)10(15)6-7/h1-6,17H,16H2. The zero-order valence-electron chi connectivity index (χ0n) is 8.68. The van der Waals surface area contributed by atoms with Crippen molar-refractivity contribution in [3.05, 3.63) is 53.1 Å². The molecular weight excluding hydrogens is 246 g/mol. The van der Waals surface area contributed by atoms with Gasteiger partial charge in [-0.2, -0.15) is 0 Å². The van der Waals surface area contributed by atoms with Gasteiger partial charge in [-0.1, -0.05) is 17.7 Å². The summed E-state index contributed by atoms with van der Waals surface area (Å²) in [6.07, 6.45) is 0. The van der Waals surface area contributed by atoms with E-state index in [9.17, 15) is 8.78 Å². The molecule has 0 fully saturated rings. The first-order valence-electron chi connectivity index (χ1n) is 4.84. The maximum absolute atomic E-state index is 13.0. The van der Waals surface area contributed by atoms with E-state index < -0.39 is 11.6 Å². The topological polar surface area (TPSA) is 38.0 Å². The Bertz CT molecular complexity index is 538. The van der Waals surface area contributed by atoms with Gasteiger partial charge in [-0.25, -0.2) is 8.78 Å². The fraction of sp³-hybridized carbons (Fsp3) is 0. The summed E-state index contributed by atoms with van der Waals surface area (Å²) in [4.78, 5) is 0. The Morgan fingerprint density at radius 3 is 2.47 bits per heavy atom. The molecule has 2 nitrogen and oxygen atoms in total. The van der Waals surface area contributed by atoms with E-state index in [1.54, 1.807) is 18.2 Å². The number of nitrogens with one attached hydrogen (secondary N) is 1. The van der Waals surface area contributed by atoms with Crippen LogP contribution in [0.2, 0.25) is 5.02 Å². The lowest BCUT2D eigenvalue weighted by atomic mass is 10.2. The molecule has 0 aliphatic rings. The van der Waals surface area contributed by atoms with Gasteiger partial charge in [-0.15, -0.1) is 0 Å². The lowest BCUT2D eigenvalue weighted by molar-refractivity contribution is 0.509. The third-order valence-electron chi connectivity index (χ3n) is 2.23. The smallest absolute Gasteiger partial charge is 0.160 e. The van der Waals surface area contributed by atoms with Crippen molar-refractivity contribution in [1.29, 1.82) is 0 Å². The number of hydrogen-bond acceptors (Lipinski definition) is 2. The van der Waals surface area contributed by atoms with Crippen LogP contribution in [0, 0.1) is 11.6 Å². The third-order valence-corrected chi connectivity index (χ3v) is 2.55. The lowest BCUT2D eigenvalue weighted by Gasteiger charge is -2.11. The average molecular weight is 255 g/mol. The number of benzene rings is 2. The van der Waals surface area contributed by atoms with E-state index in [-0.39, 0.29) is 0 Å². The lowest BCUT2D eigenvalue weighted by Crippen LogP contribution is -1.98. The van der Waals surface area contributed by atoms with E-state index >= 15 is 0 Å². The van der Waals surface area contributed by atoms with Crippen LogP contribution in [0.4, 0.5) is 25.8 Å². The highest BCUT2D eigenvalue weighted by Gasteiger charge is 2.07. The van der Waals surface area contributed by atoms with Gasteiger partial charge in [0, 0.05) is 11.8 Å². The Morgan fingerprint density at radius 1 is 1.06 bits per heavy atom. The molecule has 17 heavy (non-hydrogen) atoms. The molecule has 2 aromatic rings. The fourth-order valence-electron chi connectivity index (χ4n) is 1.39. The Balaban J connectivity index is 2.35. The van der Waals surface area contributed by atoms with Crippen LogP contribution in [0.5, 0.6) is 0 Å². The molecule has 0 radical (unpaired) electrons. The predicted octanol–water partition coefficient (Wildman–Crippen LogP) is 3.94. The van der Waals surface area contributed by atoms with Gasteiger partial charge in [0.1, 0.15) is 0 Å². The van der Waals surface area contributed by atoms with Gasteiger partial charge >= 0.3 is 0 Å². The Hall–Kier alpha value is -1.81. The summed E-state index contributed by atoms with van der Waals surface area (Å²) in [5.74, 6) is -1.83. The highest BCUT2D eigenvalue weighted by atomic mass is 35.5. The van der Waals surface area contributed by atoms with Crippen LogP contribution >= 0.6 is 11.6 Å². The maximum Gasteiger partial charge on any atom is 0.160 e. The minimum absolute atomic E-state index is 0.378. The first-order chi connectivity index (χ1) is 8.08. The van der Waals surface area contributed by atoms with E-state index in [0.29, 0.717) is 22.1 Å². The SMILES string of the molecule is Nc1cccc(Cl)c1Nc1ccc(F)c(F)c1. The molecule has 2 aromatic carbocycles. The first kappa shape index (κ1) is 11.7. The molecule has 88 valence electrons. The molecule has 0 aliphatic carbocycles. The molecule has 3 N–H and O–H groups in total. The van der Waals surface area contributed by atoms with Gasteiger partial charge < -0.3 is 11.1 Å². The van der Waals surface area contributed by atoms with Crippen LogP contribution in [0.15, 0.2) is 36.4 Å². The number of para-hydroxylation sites is 1. The summed E-state index contributed by atoms with van der Waals surface area (Å²) in [6.45, 7) is 0. The molecule has 0 heterocycles. The number of halogens is 3. The van der Waals surface area contributed by atoms with Crippen molar-refractivity contribution in [3.63, 3.8) is 0 Å². The van der Waals surface area contributed by atoms with Gasteiger partial charge in [0.2, 0.25) is 0 Å². The Kier molecular flexibility index (Phi) is 3.15. The summed E-state index contributed by atoms with van der Waals surface area (Å²) >= 11 is 5.94. The quantitative estimate of drug-likeness (QED) is 0.797. The number of nitrogen functional groups attached to an aromatic ring is 1. The van der Waals surface area contributed by atoms with Crippen molar-refractivity contribution in [2.24, 2.45) is 0 Å². The highest BCUT2D eigenvalue weighted by Crippen LogP contribution is 2.31. The second kappa shape index (κ2) is 4.59. The van der Waals surface area contributed by atoms with E-state index in [2.05, 4.69) is 5.32 Å². The molecular formula is C12H9ClF2N2.